The first-order valence-corrected chi connectivity index (χ1v) is 4.25. The Kier molecular flexibility index (Phi) is 2.69. The maximum absolute atomic E-state index is 12.9. The third kappa shape index (κ3) is 1.76. The Bertz CT molecular complexity index is 301. The molecule has 66 valence electrons. The van der Waals surface area contributed by atoms with Crippen LogP contribution in [0.2, 0.25) is 0 Å². The summed E-state index contributed by atoms with van der Waals surface area (Å²) < 4.78 is 13.4. The van der Waals surface area contributed by atoms with Crippen molar-refractivity contribution in [2.45, 2.75) is 13.0 Å². The summed E-state index contributed by atoms with van der Waals surface area (Å²) in [5, 5.41) is 9.22. The zero-order valence-corrected chi connectivity index (χ0v) is 8.10. The van der Waals surface area contributed by atoms with Gasteiger partial charge in [-0.25, -0.2) is 4.39 Å². The molecular weight excluding hydrogens is 225 g/mol. The average molecular weight is 234 g/mol. The van der Waals surface area contributed by atoms with Crippen molar-refractivity contribution in [2.75, 3.05) is 0 Å². The third-order valence-electron chi connectivity index (χ3n) is 1.55. The number of phenols is 1. The number of phenolic OH excluding ortho intramolecular Hbond substituents is 1. The molecule has 1 atom stereocenters. The van der Waals surface area contributed by atoms with E-state index < -0.39 is 5.82 Å². The summed E-state index contributed by atoms with van der Waals surface area (Å²) in [5.41, 5.74) is 5.91. The summed E-state index contributed by atoms with van der Waals surface area (Å²) in [6.45, 7) is 1.68. The van der Waals surface area contributed by atoms with Gasteiger partial charge in [0, 0.05) is 16.1 Å². The van der Waals surface area contributed by atoms with Gasteiger partial charge in [0.1, 0.15) is 0 Å². The summed E-state index contributed by atoms with van der Waals surface area (Å²) in [7, 11) is 0. The molecule has 0 spiro atoms. The molecular formula is C8H9BrFNO. The first-order chi connectivity index (χ1) is 5.52. The molecule has 0 aliphatic carbocycles. The van der Waals surface area contributed by atoms with Gasteiger partial charge in [-0.2, -0.15) is 0 Å². The molecule has 0 aromatic heterocycles. The number of aromatic hydroxyl groups is 1. The van der Waals surface area contributed by atoms with E-state index in [1.165, 1.54) is 6.07 Å². The molecule has 0 radical (unpaired) electrons. The number of halogens is 2. The van der Waals surface area contributed by atoms with Gasteiger partial charge in [-0.3, -0.25) is 0 Å². The maximum Gasteiger partial charge on any atom is 0.166 e. The van der Waals surface area contributed by atoms with E-state index in [1.807, 2.05) is 0 Å². The van der Waals surface area contributed by atoms with Crippen LogP contribution in [0, 0.1) is 5.82 Å². The number of rotatable bonds is 1. The second-order valence-electron chi connectivity index (χ2n) is 2.61. The molecule has 0 aliphatic heterocycles. The highest BCUT2D eigenvalue weighted by molar-refractivity contribution is 9.10. The fraction of sp³-hybridized carbons (Fsp3) is 0.250. The Hall–Kier alpha value is -0.610. The predicted octanol–water partition coefficient (Wildman–Crippen LogP) is 2.31. The van der Waals surface area contributed by atoms with Gasteiger partial charge in [0.05, 0.1) is 0 Å². The molecule has 1 aromatic carbocycles. The molecule has 0 aliphatic rings. The van der Waals surface area contributed by atoms with Crippen LogP contribution in [-0.4, -0.2) is 5.11 Å². The van der Waals surface area contributed by atoms with Crippen LogP contribution in [0.3, 0.4) is 0 Å². The van der Waals surface area contributed by atoms with Gasteiger partial charge >= 0.3 is 0 Å². The largest absolute Gasteiger partial charge is 0.505 e. The number of nitrogens with two attached hydrogens (primary N) is 1. The highest BCUT2D eigenvalue weighted by atomic mass is 79.9. The Morgan fingerprint density at radius 1 is 1.58 bits per heavy atom. The van der Waals surface area contributed by atoms with E-state index in [1.54, 1.807) is 13.0 Å². The normalized spacial score (nSPS) is 13.0. The van der Waals surface area contributed by atoms with Gasteiger partial charge in [0.15, 0.2) is 11.6 Å². The van der Waals surface area contributed by atoms with Crippen molar-refractivity contribution >= 4 is 15.9 Å². The number of hydrogen-bond donors (Lipinski definition) is 2. The predicted molar refractivity (Wildman–Crippen MR) is 48.4 cm³/mol. The monoisotopic (exact) mass is 233 g/mol. The van der Waals surface area contributed by atoms with E-state index >= 15 is 0 Å². The third-order valence-corrected chi connectivity index (χ3v) is 2.01. The molecule has 3 N–H and O–H groups in total. The van der Waals surface area contributed by atoms with Gasteiger partial charge < -0.3 is 10.8 Å². The van der Waals surface area contributed by atoms with Crippen LogP contribution >= 0.6 is 15.9 Å². The molecule has 0 saturated heterocycles. The highest BCUT2D eigenvalue weighted by Gasteiger charge is 2.11. The van der Waals surface area contributed by atoms with Crippen molar-refractivity contribution in [3.8, 4) is 5.75 Å². The molecule has 0 fully saturated rings. The van der Waals surface area contributed by atoms with Gasteiger partial charge in [0.25, 0.3) is 0 Å². The van der Waals surface area contributed by atoms with Crippen LogP contribution in [0.25, 0.3) is 0 Å². The minimum atomic E-state index is -0.656. The summed E-state index contributed by atoms with van der Waals surface area (Å²) in [5.74, 6) is -1.02. The first-order valence-electron chi connectivity index (χ1n) is 3.46. The average Bonchev–Trinajstić information content (AvgIpc) is 1.96. The van der Waals surface area contributed by atoms with E-state index in [0.29, 0.717) is 10.0 Å². The van der Waals surface area contributed by atoms with Crippen molar-refractivity contribution in [2.24, 2.45) is 5.73 Å². The molecule has 0 saturated carbocycles. The van der Waals surface area contributed by atoms with Crippen LogP contribution in [0.5, 0.6) is 5.75 Å². The topological polar surface area (TPSA) is 46.2 Å². The summed E-state index contributed by atoms with van der Waals surface area (Å²) in [6.07, 6.45) is 0. The van der Waals surface area contributed by atoms with Gasteiger partial charge in [-0.05, 0) is 19.1 Å². The van der Waals surface area contributed by atoms with Crippen molar-refractivity contribution in [1.82, 2.24) is 0 Å². The van der Waals surface area contributed by atoms with Crippen molar-refractivity contribution < 1.29 is 9.50 Å². The Morgan fingerprint density at radius 2 is 2.17 bits per heavy atom. The molecule has 2 nitrogen and oxygen atoms in total. The lowest BCUT2D eigenvalue weighted by Gasteiger charge is -2.09. The van der Waals surface area contributed by atoms with E-state index in [4.69, 9.17) is 5.73 Å². The molecule has 0 amide bonds. The van der Waals surface area contributed by atoms with E-state index in [-0.39, 0.29) is 11.8 Å². The lowest BCUT2D eigenvalue weighted by atomic mass is 10.1. The lowest BCUT2D eigenvalue weighted by molar-refractivity contribution is 0.422. The van der Waals surface area contributed by atoms with Crippen molar-refractivity contribution in [3.63, 3.8) is 0 Å². The standard InChI is InChI=1S/C8H9BrFNO/c1-4(11)6-2-5(9)3-7(10)8(6)12/h2-4,12H,11H2,1H3/t4-/m1/s1. The Balaban J connectivity index is 3.28. The molecule has 0 unspecified atom stereocenters. The summed E-state index contributed by atoms with van der Waals surface area (Å²) in [4.78, 5) is 0. The molecule has 1 aromatic rings. The molecule has 12 heavy (non-hydrogen) atoms. The van der Waals surface area contributed by atoms with Gasteiger partial charge in [-0.15, -0.1) is 0 Å². The summed E-state index contributed by atoms with van der Waals surface area (Å²) >= 11 is 3.11. The second kappa shape index (κ2) is 3.41. The first kappa shape index (κ1) is 9.48. The molecule has 0 heterocycles. The van der Waals surface area contributed by atoms with Gasteiger partial charge in [-0.1, -0.05) is 15.9 Å². The molecule has 4 heteroatoms. The van der Waals surface area contributed by atoms with Crippen molar-refractivity contribution in [1.29, 1.82) is 0 Å². The van der Waals surface area contributed by atoms with Crippen molar-refractivity contribution in [3.05, 3.63) is 28.0 Å². The second-order valence-corrected chi connectivity index (χ2v) is 3.53. The fourth-order valence-electron chi connectivity index (χ4n) is 0.933. The minimum absolute atomic E-state index is 0.367. The maximum atomic E-state index is 12.9. The lowest BCUT2D eigenvalue weighted by Crippen LogP contribution is -2.05. The van der Waals surface area contributed by atoms with Crippen LogP contribution in [0.15, 0.2) is 16.6 Å². The smallest absolute Gasteiger partial charge is 0.166 e. The van der Waals surface area contributed by atoms with E-state index in [9.17, 15) is 9.50 Å². The zero-order chi connectivity index (χ0) is 9.30. The number of benzene rings is 1. The summed E-state index contributed by atoms with van der Waals surface area (Å²) in [6, 6.07) is 2.42. The van der Waals surface area contributed by atoms with Crippen LogP contribution in [0.1, 0.15) is 18.5 Å². The van der Waals surface area contributed by atoms with E-state index in [0.717, 1.165) is 0 Å². The quantitative estimate of drug-likeness (QED) is 0.783. The van der Waals surface area contributed by atoms with Crippen LogP contribution in [0.4, 0.5) is 4.39 Å². The Morgan fingerprint density at radius 3 is 2.67 bits per heavy atom. The van der Waals surface area contributed by atoms with Crippen LogP contribution in [-0.2, 0) is 0 Å². The number of hydrogen-bond acceptors (Lipinski definition) is 2. The Labute approximate surface area is 78.3 Å². The van der Waals surface area contributed by atoms with E-state index in [2.05, 4.69) is 15.9 Å². The molecule has 0 bridgehead atoms. The minimum Gasteiger partial charge on any atom is -0.505 e. The van der Waals surface area contributed by atoms with Crippen LogP contribution < -0.4 is 5.73 Å². The highest BCUT2D eigenvalue weighted by Crippen LogP contribution is 2.29. The molecule has 1 rings (SSSR count). The SMILES string of the molecule is C[C@@H](N)c1cc(Br)cc(F)c1O. The fourth-order valence-corrected chi connectivity index (χ4v) is 1.38. The van der Waals surface area contributed by atoms with Gasteiger partial charge in [0.2, 0.25) is 0 Å². The zero-order valence-electron chi connectivity index (χ0n) is 6.51.